The largest absolute Gasteiger partial charge is 0.462 e. The minimum absolute atomic E-state index is 0.151. The zero-order valence-electron chi connectivity index (χ0n) is 15.5. The summed E-state index contributed by atoms with van der Waals surface area (Å²) in [5, 5.41) is 12.9. The number of anilines is 1. The molecule has 0 aromatic carbocycles. The average Bonchev–Trinajstić information content (AvgIpc) is 3.42. The van der Waals surface area contributed by atoms with E-state index in [2.05, 4.69) is 20.5 Å². The van der Waals surface area contributed by atoms with E-state index in [1.807, 2.05) is 24.4 Å². The molecule has 2 N–H and O–H groups in total. The monoisotopic (exact) mass is 436 g/mol. The maximum absolute atomic E-state index is 12.3. The topological polar surface area (TPSA) is 97.0 Å². The first-order valence-corrected chi connectivity index (χ1v) is 11.4. The summed E-state index contributed by atoms with van der Waals surface area (Å²) in [6.45, 7) is 4.04. The summed E-state index contributed by atoms with van der Waals surface area (Å²) in [5.74, 6) is 0.275. The molecule has 10 heteroatoms. The lowest BCUT2D eigenvalue weighted by atomic mass is 10.2. The highest BCUT2D eigenvalue weighted by molar-refractivity contribution is 7.99. The third-order valence-corrected chi connectivity index (χ3v) is 6.56. The van der Waals surface area contributed by atoms with Gasteiger partial charge >= 0.3 is 5.97 Å². The van der Waals surface area contributed by atoms with Crippen LogP contribution in [-0.2, 0) is 22.4 Å². The molecule has 0 saturated heterocycles. The van der Waals surface area contributed by atoms with Crippen molar-refractivity contribution in [2.24, 2.45) is 0 Å². The summed E-state index contributed by atoms with van der Waals surface area (Å²) < 4.78 is 5.07. The second kappa shape index (κ2) is 9.85. The molecule has 0 unspecified atom stereocenters. The first-order valence-electron chi connectivity index (χ1n) is 8.75. The number of aromatic nitrogens is 3. The number of amides is 1. The van der Waals surface area contributed by atoms with Crippen molar-refractivity contribution >= 4 is 51.3 Å². The summed E-state index contributed by atoms with van der Waals surface area (Å²) in [4.78, 5) is 31.0. The SMILES string of the molecule is CCOC(=O)c1cc(CC)sc1NC(=O)CSc1n[nH]c(Cc2cccs2)n1. The molecule has 3 aromatic rings. The van der Waals surface area contributed by atoms with Gasteiger partial charge in [-0.1, -0.05) is 24.8 Å². The van der Waals surface area contributed by atoms with Gasteiger partial charge in [0.15, 0.2) is 0 Å². The van der Waals surface area contributed by atoms with E-state index in [1.54, 1.807) is 24.3 Å². The van der Waals surface area contributed by atoms with Gasteiger partial charge in [0.2, 0.25) is 11.1 Å². The van der Waals surface area contributed by atoms with Crippen molar-refractivity contribution < 1.29 is 14.3 Å². The normalized spacial score (nSPS) is 10.8. The quantitative estimate of drug-likeness (QED) is 0.389. The van der Waals surface area contributed by atoms with E-state index < -0.39 is 5.97 Å². The number of hydrogen-bond acceptors (Lipinski definition) is 8. The number of ether oxygens (including phenoxy) is 1. The predicted octanol–water partition coefficient (Wildman–Crippen LogP) is 3.99. The molecule has 0 atom stereocenters. The number of carbonyl (C=O) groups excluding carboxylic acids is 2. The molecular formula is C18H20N4O3S3. The highest BCUT2D eigenvalue weighted by Gasteiger charge is 2.19. The van der Waals surface area contributed by atoms with Crippen LogP contribution in [0.25, 0.3) is 0 Å². The van der Waals surface area contributed by atoms with Gasteiger partial charge in [-0.3, -0.25) is 9.89 Å². The van der Waals surface area contributed by atoms with E-state index in [4.69, 9.17) is 4.74 Å². The Balaban J connectivity index is 1.56. The van der Waals surface area contributed by atoms with E-state index in [1.165, 1.54) is 28.0 Å². The van der Waals surface area contributed by atoms with Gasteiger partial charge in [0.25, 0.3) is 0 Å². The molecule has 148 valence electrons. The maximum atomic E-state index is 12.3. The number of rotatable bonds is 9. The second-order valence-electron chi connectivity index (χ2n) is 5.69. The standard InChI is InChI=1S/C18H20N4O3S3/c1-3-11-8-13(17(24)25-4-2)16(28-11)20-15(23)10-27-18-19-14(21-22-18)9-12-6-5-7-26-12/h5-8H,3-4,9-10H2,1-2H3,(H,20,23)(H,19,21,22). The number of aromatic amines is 1. The Kier molecular flexibility index (Phi) is 7.24. The Hall–Kier alpha value is -2.17. The number of carbonyl (C=O) groups is 2. The molecular weight excluding hydrogens is 416 g/mol. The zero-order valence-corrected chi connectivity index (χ0v) is 17.9. The number of aryl methyl sites for hydroxylation is 1. The lowest BCUT2D eigenvalue weighted by Gasteiger charge is -2.05. The van der Waals surface area contributed by atoms with Gasteiger partial charge in [0.1, 0.15) is 10.8 Å². The molecule has 0 radical (unpaired) electrons. The molecule has 0 bridgehead atoms. The smallest absolute Gasteiger partial charge is 0.341 e. The zero-order chi connectivity index (χ0) is 19.9. The van der Waals surface area contributed by atoms with Crippen LogP contribution < -0.4 is 5.32 Å². The fraction of sp³-hybridized carbons (Fsp3) is 0.333. The van der Waals surface area contributed by atoms with E-state index in [9.17, 15) is 9.59 Å². The van der Waals surface area contributed by atoms with E-state index in [-0.39, 0.29) is 18.3 Å². The highest BCUT2D eigenvalue weighted by atomic mass is 32.2. The van der Waals surface area contributed by atoms with Gasteiger partial charge in [-0.2, -0.15) is 0 Å². The first kappa shape index (κ1) is 20.6. The van der Waals surface area contributed by atoms with Crippen molar-refractivity contribution in [2.75, 3.05) is 17.7 Å². The third-order valence-electron chi connectivity index (χ3n) is 3.65. The molecule has 3 aromatic heterocycles. The fourth-order valence-corrected chi connectivity index (χ4v) is 4.69. The average molecular weight is 437 g/mol. The van der Waals surface area contributed by atoms with Crippen molar-refractivity contribution in [3.63, 3.8) is 0 Å². The van der Waals surface area contributed by atoms with E-state index in [0.29, 0.717) is 22.1 Å². The van der Waals surface area contributed by atoms with Crippen LogP contribution in [0.5, 0.6) is 0 Å². The molecule has 0 aliphatic heterocycles. The van der Waals surface area contributed by atoms with Gasteiger partial charge in [0, 0.05) is 16.2 Å². The summed E-state index contributed by atoms with van der Waals surface area (Å²) >= 11 is 4.30. The summed E-state index contributed by atoms with van der Waals surface area (Å²) in [6.07, 6.45) is 1.47. The number of nitrogens with zero attached hydrogens (tertiary/aromatic N) is 2. The Morgan fingerprint density at radius 3 is 2.89 bits per heavy atom. The van der Waals surface area contributed by atoms with Crippen molar-refractivity contribution in [2.45, 2.75) is 31.8 Å². The Labute approximate surface area is 174 Å². The number of esters is 1. The fourth-order valence-electron chi connectivity index (χ4n) is 2.36. The molecule has 0 spiro atoms. The van der Waals surface area contributed by atoms with Gasteiger partial charge in [-0.05, 0) is 30.9 Å². The lowest BCUT2D eigenvalue weighted by molar-refractivity contribution is -0.113. The van der Waals surface area contributed by atoms with Crippen molar-refractivity contribution in [3.8, 4) is 0 Å². The van der Waals surface area contributed by atoms with Gasteiger partial charge in [-0.15, -0.1) is 27.8 Å². The lowest BCUT2D eigenvalue weighted by Crippen LogP contribution is -2.16. The van der Waals surface area contributed by atoms with Crippen molar-refractivity contribution in [1.29, 1.82) is 0 Å². The first-order chi connectivity index (χ1) is 13.6. The molecule has 0 saturated carbocycles. The summed E-state index contributed by atoms with van der Waals surface area (Å²) in [6, 6.07) is 5.81. The van der Waals surface area contributed by atoms with Gasteiger partial charge < -0.3 is 10.1 Å². The number of thioether (sulfide) groups is 1. The van der Waals surface area contributed by atoms with Crippen LogP contribution in [0.3, 0.4) is 0 Å². The number of hydrogen-bond donors (Lipinski definition) is 2. The minimum Gasteiger partial charge on any atom is -0.462 e. The molecule has 3 rings (SSSR count). The van der Waals surface area contributed by atoms with Crippen LogP contribution in [0, 0.1) is 0 Å². The molecule has 0 aliphatic rings. The van der Waals surface area contributed by atoms with Crippen LogP contribution >= 0.6 is 34.4 Å². The van der Waals surface area contributed by atoms with Crippen LogP contribution in [0.15, 0.2) is 28.7 Å². The maximum Gasteiger partial charge on any atom is 0.341 e. The third kappa shape index (κ3) is 5.43. The molecule has 1 amide bonds. The van der Waals surface area contributed by atoms with Gasteiger partial charge in [-0.25, -0.2) is 9.78 Å². The Morgan fingerprint density at radius 2 is 2.18 bits per heavy atom. The molecule has 0 fully saturated rings. The second-order valence-corrected chi connectivity index (χ2v) is 8.80. The van der Waals surface area contributed by atoms with Crippen LogP contribution in [0.1, 0.15) is 39.8 Å². The molecule has 7 nitrogen and oxygen atoms in total. The van der Waals surface area contributed by atoms with Gasteiger partial charge in [0.05, 0.1) is 17.9 Å². The van der Waals surface area contributed by atoms with E-state index >= 15 is 0 Å². The molecule has 3 heterocycles. The summed E-state index contributed by atoms with van der Waals surface area (Å²) in [5.41, 5.74) is 0.401. The number of thiophene rings is 2. The minimum atomic E-state index is -0.423. The predicted molar refractivity (Wildman–Crippen MR) is 113 cm³/mol. The van der Waals surface area contributed by atoms with E-state index in [0.717, 1.165) is 17.1 Å². The van der Waals surface area contributed by atoms with Crippen LogP contribution in [0.2, 0.25) is 0 Å². The Bertz CT molecular complexity index is 934. The summed E-state index contributed by atoms with van der Waals surface area (Å²) in [7, 11) is 0. The molecule has 28 heavy (non-hydrogen) atoms. The molecule has 0 aliphatic carbocycles. The number of H-pyrrole nitrogens is 1. The van der Waals surface area contributed by atoms with Crippen molar-refractivity contribution in [1.82, 2.24) is 15.2 Å². The van der Waals surface area contributed by atoms with Crippen LogP contribution in [0.4, 0.5) is 5.00 Å². The Morgan fingerprint density at radius 1 is 1.32 bits per heavy atom. The number of nitrogens with one attached hydrogen (secondary N) is 2. The highest BCUT2D eigenvalue weighted by Crippen LogP contribution is 2.29. The van der Waals surface area contributed by atoms with Crippen molar-refractivity contribution in [3.05, 3.63) is 44.7 Å². The van der Waals surface area contributed by atoms with Crippen LogP contribution in [-0.4, -0.2) is 39.4 Å².